The van der Waals surface area contributed by atoms with Gasteiger partial charge in [-0.05, 0) is 65.2 Å². The summed E-state index contributed by atoms with van der Waals surface area (Å²) in [6, 6.07) is 28.2. The maximum atomic E-state index is 13.2. The van der Waals surface area contributed by atoms with Gasteiger partial charge in [0.05, 0.1) is 12.5 Å². The molecule has 1 amide bonds. The molecule has 0 aliphatic heterocycles. The molecule has 0 fully saturated rings. The van der Waals surface area contributed by atoms with Crippen LogP contribution in [0.5, 0.6) is 5.75 Å². The van der Waals surface area contributed by atoms with Gasteiger partial charge in [0.15, 0.2) is 5.78 Å². The van der Waals surface area contributed by atoms with E-state index in [0.29, 0.717) is 11.3 Å². The number of amides is 1. The number of nitrogens with one attached hydrogen (secondary N) is 2. The van der Waals surface area contributed by atoms with Crippen LogP contribution in [0.2, 0.25) is 0 Å². The Bertz CT molecular complexity index is 1510. The lowest BCUT2D eigenvalue weighted by molar-refractivity contribution is -0.274. The van der Waals surface area contributed by atoms with Crippen molar-refractivity contribution in [1.29, 1.82) is 0 Å². The minimum absolute atomic E-state index is 0.000635. The molecule has 0 aliphatic rings. The monoisotopic (exact) mass is 576 g/mol. The Balaban J connectivity index is 1.52. The zero-order chi connectivity index (χ0) is 30.1. The summed E-state index contributed by atoms with van der Waals surface area (Å²) in [5.41, 5.74) is 4.01. The molecule has 3 N–H and O–H groups in total. The smallest absolute Gasteiger partial charge is 0.481 e. The van der Waals surface area contributed by atoms with Gasteiger partial charge in [-0.25, -0.2) is 0 Å². The van der Waals surface area contributed by atoms with Gasteiger partial charge in [-0.15, -0.1) is 13.2 Å². The van der Waals surface area contributed by atoms with Crippen LogP contribution >= 0.6 is 0 Å². The van der Waals surface area contributed by atoms with E-state index in [0.717, 1.165) is 28.8 Å². The van der Waals surface area contributed by atoms with E-state index >= 15 is 0 Å². The minimum Gasteiger partial charge on any atom is -0.481 e. The summed E-state index contributed by atoms with van der Waals surface area (Å²) in [7, 11) is 0. The lowest BCUT2D eigenvalue weighted by Crippen LogP contribution is -2.25. The number of benzene rings is 4. The summed E-state index contributed by atoms with van der Waals surface area (Å²) in [6.07, 6.45) is -5.04. The van der Waals surface area contributed by atoms with Gasteiger partial charge in [0.1, 0.15) is 5.75 Å². The van der Waals surface area contributed by atoms with Crippen LogP contribution in [0.1, 0.15) is 45.2 Å². The number of anilines is 1. The SMILES string of the molecule is O=C(O)CCNC(=O)c1ccc(NC(CC(=O)c2ccc(OC(F)(F)F)cc2)c2ccc(-c3ccccc3)cc2)cc1. The second-order valence-corrected chi connectivity index (χ2v) is 9.36. The van der Waals surface area contributed by atoms with Crippen molar-refractivity contribution in [2.75, 3.05) is 11.9 Å². The Morgan fingerprint density at radius 3 is 1.95 bits per heavy atom. The Kier molecular flexibility index (Phi) is 9.59. The van der Waals surface area contributed by atoms with Gasteiger partial charge in [-0.2, -0.15) is 0 Å². The first-order valence-electron chi connectivity index (χ1n) is 13.0. The Hall–Kier alpha value is -5.12. The number of aliphatic carboxylic acids is 1. The van der Waals surface area contributed by atoms with E-state index < -0.39 is 30.0 Å². The highest BCUT2D eigenvalue weighted by molar-refractivity contribution is 5.97. The third-order valence-corrected chi connectivity index (χ3v) is 6.33. The first-order valence-corrected chi connectivity index (χ1v) is 13.0. The molecule has 7 nitrogen and oxygen atoms in total. The van der Waals surface area contributed by atoms with Gasteiger partial charge in [0.2, 0.25) is 0 Å². The van der Waals surface area contributed by atoms with Crippen LogP contribution in [-0.2, 0) is 4.79 Å². The maximum absolute atomic E-state index is 13.2. The molecule has 10 heteroatoms. The average molecular weight is 577 g/mol. The highest BCUT2D eigenvalue weighted by Gasteiger charge is 2.31. The van der Waals surface area contributed by atoms with Crippen LogP contribution in [0.25, 0.3) is 11.1 Å². The van der Waals surface area contributed by atoms with Crippen molar-refractivity contribution >= 4 is 23.3 Å². The predicted octanol–water partition coefficient (Wildman–Crippen LogP) is 6.88. The number of hydrogen-bond acceptors (Lipinski definition) is 5. The van der Waals surface area contributed by atoms with Gasteiger partial charge in [-0.1, -0.05) is 54.6 Å². The van der Waals surface area contributed by atoms with Crippen molar-refractivity contribution in [3.05, 3.63) is 120 Å². The fourth-order valence-electron chi connectivity index (χ4n) is 4.24. The first-order chi connectivity index (χ1) is 20.1. The maximum Gasteiger partial charge on any atom is 0.573 e. The molecule has 216 valence electrons. The summed E-state index contributed by atoms with van der Waals surface area (Å²) in [6.45, 7) is 0.000635. The van der Waals surface area contributed by atoms with E-state index in [1.165, 1.54) is 12.1 Å². The Morgan fingerprint density at radius 2 is 1.36 bits per heavy atom. The third kappa shape index (κ3) is 8.69. The second-order valence-electron chi connectivity index (χ2n) is 9.36. The predicted molar refractivity (Wildman–Crippen MR) is 151 cm³/mol. The van der Waals surface area contributed by atoms with Crippen molar-refractivity contribution in [1.82, 2.24) is 5.32 Å². The van der Waals surface area contributed by atoms with E-state index in [2.05, 4.69) is 15.4 Å². The molecular formula is C32H27F3N2O5. The van der Waals surface area contributed by atoms with Gasteiger partial charge in [0, 0.05) is 29.8 Å². The van der Waals surface area contributed by atoms with E-state index in [9.17, 15) is 27.6 Å². The molecule has 0 radical (unpaired) electrons. The fraction of sp³-hybridized carbons (Fsp3) is 0.156. The number of ether oxygens (including phenoxy) is 1. The number of rotatable bonds is 12. The van der Waals surface area contributed by atoms with Crippen molar-refractivity contribution < 1.29 is 37.4 Å². The molecule has 4 aromatic carbocycles. The van der Waals surface area contributed by atoms with Crippen molar-refractivity contribution in [2.45, 2.75) is 25.2 Å². The van der Waals surface area contributed by atoms with E-state index in [-0.39, 0.29) is 30.7 Å². The van der Waals surface area contributed by atoms with Crippen molar-refractivity contribution in [3.8, 4) is 16.9 Å². The molecule has 4 rings (SSSR count). The summed E-state index contributed by atoms with van der Waals surface area (Å²) in [5, 5.41) is 14.6. The number of Topliss-reactive ketones (excluding diaryl/α,β-unsaturated/α-hetero) is 1. The molecule has 0 spiro atoms. The number of halogens is 3. The zero-order valence-corrected chi connectivity index (χ0v) is 22.2. The number of ketones is 1. The molecule has 0 saturated carbocycles. The van der Waals surface area contributed by atoms with Crippen LogP contribution in [0, 0.1) is 0 Å². The first kappa shape index (κ1) is 29.9. The molecular weight excluding hydrogens is 549 g/mol. The van der Waals surface area contributed by atoms with Crippen LogP contribution in [0.15, 0.2) is 103 Å². The molecule has 0 heterocycles. The van der Waals surface area contributed by atoms with E-state index in [4.69, 9.17) is 5.11 Å². The van der Waals surface area contributed by atoms with Crippen LogP contribution in [0.4, 0.5) is 18.9 Å². The second kappa shape index (κ2) is 13.5. The molecule has 0 aliphatic carbocycles. The van der Waals surface area contributed by atoms with Crippen LogP contribution < -0.4 is 15.4 Å². The Labute approximate surface area is 240 Å². The normalized spacial score (nSPS) is 11.8. The van der Waals surface area contributed by atoms with E-state index in [1.807, 2.05) is 54.6 Å². The fourth-order valence-corrected chi connectivity index (χ4v) is 4.24. The molecule has 0 aromatic heterocycles. The third-order valence-electron chi connectivity index (χ3n) is 6.33. The largest absolute Gasteiger partial charge is 0.573 e. The molecule has 0 bridgehead atoms. The lowest BCUT2D eigenvalue weighted by atomic mass is 9.95. The topological polar surface area (TPSA) is 105 Å². The van der Waals surface area contributed by atoms with Gasteiger partial charge in [0.25, 0.3) is 5.91 Å². The zero-order valence-electron chi connectivity index (χ0n) is 22.2. The number of carboxylic acid groups (broad SMARTS) is 1. The average Bonchev–Trinajstić information content (AvgIpc) is 2.97. The number of carboxylic acids is 1. The molecule has 0 saturated heterocycles. The van der Waals surface area contributed by atoms with Crippen molar-refractivity contribution in [3.63, 3.8) is 0 Å². The molecule has 1 unspecified atom stereocenters. The number of carbonyl (C=O) groups excluding carboxylic acids is 2. The highest BCUT2D eigenvalue weighted by Crippen LogP contribution is 2.29. The summed E-state index contributed by atoms with van der Waals surface area (Å²) in [5.74, 6) is -2.15. The number of hydrogen-bond donors (Lipinski definition) is 3. The standard InChI is InChI=1S/C32H27F3N2O5/c33-32(34,35)42-27-16-12-24(13-17-27)29(38)20-28(23-8-6-22(7-9-23)21-4-2-1-3-5-21)37-26-14-10-25(11-15-26)31(41)36-19-18-30(39)40/h1-17,28,37H,18-20H2,(H,36,41)(H,39,40). The summed E-state index contributed by atoms with van der Waals surface area (Å²) < 4.78 is 41.4. The Morgan fingerprint density at radius 1 is 0.762 bits per heavy atom. The quantitative estimate of drug-likeness (QED) is 0.159. The van der Waals surface area contributed by atoms with Gasteiger partial charge in [-0.3, -0.25) is 14.4 Å². The van der Waals surface area contributed by atoms with Crippen LogP contribution in [0.3, 0.4) is 0 Å². The van der Waals surface area contributed by atoms with Crippen LogP contribution in [-0.4, -0.2) is 35.7 Å². The molecule has 42 heavy (non-hydrogen) atoms. The number of alkyl halides is 3. The number of carbonyl (C=O) groups is 3. The van der Waals surface area contributed by atoms with Gasteiger partial charge < -0.3 is 20.5 Å². The van der Waals surface area contributed by atoms with Gasteiger partial charge >= 0.3 is 12.3 Å². The van der Waals surface area contributed by atoms with Crippen molar-refractivity contribution in [2.24, 2.45) is 0 Å². The lowest BCUT2D eigenvalue weighted by Gasteiger charge is -2.21. The molecule has 1 atom stereocenters. The molecule has 4 aromatic rings. The minimum atomic E-state index is -4.83. The summed E-state index contributed by atoms with van der Waals surface area (Å²) >= 11 is 0. The highest BCUT2D eigenvalue weighted by atomic mass is 19.4. The summed E-state index contributed by atoms with van der Waals surface area (Å²) in [4.78, 5) is 36.2. The van der Waals surface area contributed by atoms with E-state index in [1.54, 1.807) is 24.3 Å².